The molecule has 0 atom stereocenters. The number of nitrogens with one attached hydrogen (secondary N) is 3. The Balaban J connectivity index is 1.97. The first-order valence-corrected chi connectivity index (χ1v) is 8.24. The molecule has 0 aromatic carbocycles. The van der Waals surface area contributed by atoms with Crippen LogP contribution in [0.2, 0.25) is 0 Å². The van der Waals surface area contributed by atoms with E-state index in [-0.39, 0.29) is 13.2 Å². The molecule has 0 bridgehead atoms. The quantitative estimate of drug-likeness (QED) is 0.395. The molecule has 126 valence electrons. The number of aromatic amines is 1. The topological polar surface area (TPSA) is 123 Å². The van der Waals surface area contributed by atoms with Gasteiger partial charge in [0.1, 0.15) is 12.4 Å². The van der Waals surface area contributed by atoms with E-state index in [0.717, 1.165) is 26.5 Å². The lowest BCUT2D eigenvalue weighted by Gasteiger charge is -2.09. The van der Waals surface area contributed by atoms with Crippen LogP contribution in [0, 0.1) is 0 Å². The first kappa shape index (κ1) is 16.2. The van der Waals surface area contributed by atoms with Gasteiger partial charge in [0.15, 0.2) is 0 Å². The minimum Gasteiger partial charge on any atom is -0.480 e. The molecule has 0 unspecified atom stereocenters. The molecule has 24 heavy (non-hydrogen) atoms. The van der Waals surface area contributed by atoms with E-state index in [9.17, 15) is 4.79 Å². The van der Waals surface area contributed by atoms with E-state index < -0.39 is 5.97 Å². The number of H-pyrrole nitrogens is 1. The Labute approximate surface area is 141 Å². The lowest BCUT2D eigenvalue weighted by Crippen LogP contribution is -2.13. The fourth-order valence-corrected chi connectivity index (χ4v) is 3.30. The molecule has 9 heteroatoms. The summed E-state index contributed by atoms with van der Waals surface area (Å²) in [6.07, 6.45) is 2.31. The normalized spacial score (nSPS) is 10.9. The molecule has 3 aromatic rings. The molecular formula is C15H17N5O3S. The Morgan fingerprint density at radius 3 is 2.92 bits per heavy atom. The number of anilines is 2. The van der Waals surface area contributed by atoms with Gasteiger partial charge in [-0.15, -0.1) is 11.3 Å². The highest BCUT2D eigenvalue weighted by molar-refractivity contribution is 7.22. The first-order valence-electron chi connectivity index (χ1n) is 7.42. The minimum atomic E-state index is -0.949. The molecule has 3 heterocycles. The van der Waals surface area contributed by atoms with E-state index in [1.165, 1.54) is 0 Å². The van der Waals surface area contributed by atoms with Crippen LogP contribution in [0.15, 0.2) is 24.4 Å². The molecule has 0 radical (unpaired) electrons. The highest BCUT2D eigenvalue weighted by Crippen LogP contribution is 2.37. The zero-order valence-corrected chi connectivity index (χ0v) is 13.6. The number of aliphatic carboxylic acids is 1. The van der Waals surface area contributed by atoms with Gasteiger partial charge >= 0.3 is 5.97 Å². The summed E-state index contributed by atoms with van der Waals surface area (Å²) >= 11 is 1.57. The number of hydrogen-bond donors (Lipinski definition) is 5. The average Bonchev–Trinajstić information content (AvgIpc) is 3.22. The van der Waals surface area contributed by atoms with Crippen LogP contribution >= 0.6 is 11.3 Å². The maximum atomic E-state index is 10.7. The molecule has 0 aliphatic heterocycles. The number of carboxylic acid groups (broad SMARTS) is 1. The van der Waals surface area contributed by atoms with Gasteiger partial charge in [0.05, 0.1) is 26.5 Å². The van der Waals surface area contributed by atoms with E-state index in [2.05, 4.69) is 25.8 Å². The van der Waals surface area contributed by atoms with Crippen molar-refractivity contribution in [1.29, 1.82) is 0 Å². The van der Waals surface area contributed by atoms with Gasteiger partial charge in [-0.2, -0.15) is 5.10 Å². The first-order chi connectivity index (χ1) is 11.7. The number of carboxylic acids is 1. The van der Waals surface area contributed by atoms with E-state index in [0.29, 0.717) is 18.8 Å². The molecule has 0 aliphatic carbocycles. The van der Waals surface area contributed by atoms with Crippen molar-refractivity contribution in [2.75, 3.05) is 30.3 Å². The summed E-state index contributed by atoms with van der Waals surface area (Å²) in [4.78, 5) is 16.2. The van der Waals surface area contributed by atoms with Crippen molar-refractivity contribution in [3.63, 3.8) is 0 Å². The van der Waals surface area contributed by atoms with Crippen LogP contribution in [0.3, 0.4) is 0 Å². The second-order valence-corrected chi connectivity index (χ2v) is 6.15. The third-order valence-corrected chi connectivity index (χ3v) is 4.51. The number of aliphatic hydroxyl groups excluding tert-OH is 1. The van der Waals surface area contributed by atoms with Crippen molar-refractivity contribution in [2.24, 2.45) is 0 Å². The van der Waals surface area contributed by atoms with E-state index in [4.69, 9.17) is 10.2 Å². The number of aliphatic hydroxyl groups is 1. The highest BCUT2D eigenvalue weighted by atomic mass is 32.1. The van der Waals surface area contributed by atoms with Crippen molar-refractivity contribution >= 4 is 39.0 Å². The summed E-state index contributed by atoms with van der Waals surface area (Å²) in [5.41, 5.74) is 2.53. The van der Waals surface area contributed by atoms with Crippen molar-refractivity contribution in [1.82, 2.24) is 15.2 Å². The molecular weight excluding hydrogens is 330 g/mol. The number of nitrogens with zero attached hydrogens (tertiary/aromatic N) is 2. The second kappa shape index (κ2) is 7.28. The van der Waals surface area contributed by atoms with E-state index in [1.807, 2.05) is 12.1 Å². The van der Waals surface area contributed by atoms with Crippen LogP contribution in [-0.4, -0.2) is 51.1 Å². The maximum absolute atomic E-state index is 10.7. The van der Waals surface area contributed by atoms with Gasteiger partial charge in [-0.3, -0.25) is 9.89 Å². The fourth-order valence-electron chi connectivity index (χ4n) is 2.24. The van der Waals surface area contributed by atoms with Gasteiger partial charge in [0.25, 0.3) is 0 Å². The second-order valence-electron chi connectivity index (χ2n) is 5.10. The summed E-state index contributed by atoms with van der Waals surface area (Å²) < 4.78 is 0.971. The molecule has 5 N–H and O–H groups in total. The third kappa shape index (κ3) is 3.63. The van der Waals surface area contributed by atoms with Crippen molar-refractivity contribution < 1.29 is 15.0 Å². The predicted octanol–water partition coefficient (Wildman–Crippen LogP) is 1.98. The van der Waals surface area contributed by atoms with E-state index in [1.54, 1.807) is 23.6 Å². The van der Waals surface area contributed by atoms with Crippen LogP contribution in [-0.2, 0) is 4.79 Å². The smallest absolute Gasteiger partial charge is 0.322 e. The number of carbonyl (C=O) groups is 1. The number of fused-ring (bicyclic) bond motifs is 1. The highest BCUT2D eigenvalue weighted by Gasteiger charge is 2.12. The molecule has 0 amide bonds. The predicted molar refractivity (Wildman–Crippen MR) is 93.5 cm³/mol. The summed E-state index contributed by atoms with van der Waals surface area (Å²) in [6, 6.07) is 5.61. The van der Waals surface area contributed by atoms with Crippen LogP contribution in [0.5, 0.6) is 0 Å². The summed E-state index contributed by atoms with van der Waals surface area (Å²) in [7, 11) is 0. The Morgan fingerprint density at radius 1 is 1.33 bits per heavy atom. The fraction of sp³-hybridized carbons (Fsp3) is 0.267. The zero-order chi connectivity index (χ0) is 16.9. The molecule has 0 aliphatic rings. The van der Waals surface area contributed by atoms with Crippen LogP contribution in [0.25, 0.3) is 20.8 Å². The standard InChI is InChI=1S/C15H17N5O3S/c21-5-1-3-16-10-7-13(17-8-14(22)23)19-11-6-12(24-15(10)11)9-2-4-18-20-9/h2,4,6-7,21H,1,3,5,8H2,(H,18,20)(H,22,23)(H2,16,17,19). The largest absolute Gasteiger partial charge is 0.480 e. The summed E-state index contributed by atoms with van der Waals surface area (Å²) in [5.74, 6) is -0.458. The molecule has 3 rings (SSSR count). The van der Waals surface area contributed by atoms with Gasteiger partial charge in [0.2, 0.25) is 0 Å². The summed E-state index contributed by atoms with van der Waals surface area (Å²) in [6.45, 7) is 0.520. The number of pyridine rings is 1. The Hall–Kier alpha value is -2.65. The van der Waals surface area contributed by atoms with Crippen LogP contribution in [0.4, 0.5) is 11.5 Å². The maximum Gasteiger partial charge on any atom is 0.322 e. The summed E-state index contributed by atoms with van der Waals surface area (Å²) in [5, 5.41) is 30.7. The number of rotatable bonds is 8. The zero-order valence-electron chi connectivity index (χ0n) is 12.7. The monoisotopic (exact) mass is 347 g/mol. The van der Waals surface area contributed by atoms with Gasteiger partial charge < -0.3 is 20.8 Å². The van der Waals surface area contributed by atoms with Gasteiger partial charge in [-0.1, -0.05) is 0 Å². The molecule has 3 aromatic heterocycles. The SMILES string of the molecule is O=C(O)CNc1cc(NCCCO)c2sc(-c3ccn[nH]3)cc2n1. The molecule has 0 fully saturated rings. The Bertz CT molecular complexity index is 831. The van der Waals surface area contributed by atoms with Crippen molar-refractivity contribution in [3.05, 3.63) is 24.4 Å². The van der Waals surface area contributed by atoms with Crippen molar-refractivity contribution in [2.45, 2.75) is 6.42 Å². The van der Waals surface area contributed by atoms with Crippen molar-refractivity contribution in [3.8, 4) is 10.6 Å². The Morgan fingerprint density at radius 2 is 2.21 bits per heavy atom. The molecule has 0 saturated heterocycles. The molecule has 0 spiro atoms. The van der Waals surface area contributed by atoms with Gasteiger partial charge in [-0.25, -0.2) is 4.98 Å². The lowest BCUT2D eigenvalue weighted by atomic mass is 10.3. The average molecular weight is 347 g/mol. The minimum absolute atomic E-state index is 0.106. The lowest BCUT2D eigenvalue weighted by molar-refractivity contribution is -0.134. The van der Waals surface area contributed by atoms with Crippen LogP contribution < -0.4 is 10.6 Å². The molecule has 8 nitrogen and oxygen atoms in total. The van der Waals surface area contributed by atoms with Gasteiger partial charge in [0, 0.05) is 25.4 Å². The number of aromatic nitrogens is 3. The van der Waals surface area contributed by atoms with E-state index >= 15 is 0 Å². The van der Waals surface area contributed by atoms with Gasteiger partial charge in [-0.05, 0) is 18.6 Å². The Kier molecular flexibility index (Phi) is 4.92. The van der Waals surface area contributed by atoms with Crippen LogP contribution in [0.1, 0.15) is 6.42 Å². The number of hydrogen-bond acceptors (Lipinski definition) is 7. The third-order valence-electron chi connectivity index (χ3n) is 3.32. The number of thiophene rings is 1. The molecule has 0 saturated carbocycles.